The lowest BCUT2D eigenvalue weighted by Gasteiger charge is -2.23. The molecule has 2 fully saturated rings. The molecule has 0 saturated carbocycles. The number of nitrogens with zero attached hydrogens (tertiary/aromatic N) is 2. The van der Waals surface area contributed by atoms with Gasteiger partial charge in [-0.25, -0.2) is 0 Å². The summed E-state index contributed by atoms with van der Waals surface area (Å²) in [5.74, 6) is 1.72. The second kappa shape index (κ2) is 9.23. The van der Waals surface area contributed by atoms with Gasteiger partial charge in [-0.05, 0) is 68.5 Å². The summed E-state index contributed by atoms with van der Waals surface area (Å²) < 4.78 is 11.4. The fourth-order valence-corrected chi connectivity index (χ4v) is 4.44. The van der Waals surface area contributed by atoms with Crippen LogP contribution in [0.5, 0.6) is 11.5 Å². The number of carbonyl (C=O) groups excluding carboxylic acids is 1. The summed E-state index contributed by atoms with van der Waals surface area (Å²) in [5.41, 5.74) is 2.72. The Morgan fingerprint density at radius 2 is 1.83 bits per heavy atom. The summed E-state index contributed by atoms with van der Waals surface area (Å²) in [7, 11) is 1.88. The van der Waals surface area contributed by atoms with Gasteiger partial charge in [-0.3, -0.25) is 15.1 Å². The number of ether oxygens (including phenoxy) is 2. The molecule has 2 saturated heterocycles. The molecule has 4 rings (SSSR count). The summed E-state index contributed by atoms with van der Waals surface area (Å²) in [6.07, 6.45) is 4.50. The first-order chi connectivity index (χ1) is 14.1. The minimum atomic E-state index is -0.404. The van der Waals surface area contributed by atoms with E-state index in [2.05, 4.69) is 16.4 Å². The number of pyridine rings is 1. The Labute approximate surface area is 184 Å². The maximum atomic E-state index is 12.6. The Hall–Kier alpha value is -2.31. The fourth-order valence-electron chi connectivity index (χ4n) is 4.44. The van der Waals surface area contributed by atoms with Crippen LogP contribution in [0.3, 0.4) is 0 Å². The maximum Gasteiger partial charge on any atom is 0.242 e. The quantitative estimate of drug-likeness (QED) is 0.749. The summed E-state index contributed by atoms with van der Waals surface area (Å²) in [5, 5.41) is 3.60. The van der Waals surface area contributed by atoms with Crippen LogP contribution in [0.25, 0.3) is 11.1 Å². The van der Waals surface area contributed by atoms with E-state index in [-0.39, 0.29) is 24.4 Å². The van der Waals surface area contributed by atoms with Crippen molar-refractivity contribution in [2.24, 2.45) is 0 Å². The fraction of sp³-hybridized carbons (Fsp3) is 0.478. The Morgan fingerprint density at radius 1 is 1.10 bits per heavy atom. The van der Waals surface area contributed by atoms with E-state index in [1.54, 1.807) is 0 Å². The SMILES string of the molecule is CCOc1ccc(-c2ccnc([C@H]3CC[C@@]4(CCN(C)C4=O)N3)c2)cc1OCC.Cl. The summed E-state index contributed by atoms with van der Waals surface area (Å²) in [4.78, 5) is 19.0. The first-order valence-corrected chi connectivity index (χ1v) is 10.5. The van der Waals surface area contributed by atoms with Crippen LogP contribution in [-0.2, 0) is 4.79 Å². The second-order valence-electron chi connectivity index (χ2n) is 7.79. The van der Waals surface area contributed by atoms with Crippen molar-refractivity contribution in [3.05, 3.63) is 42.2 Å². The van der Waals surface area contributed by atoms with Gasteiger partial charge in [0.25, 0.3) is 0 Å². The number of likely N-dealkylation sites (N-methyl/N-ethyl adjacent to an activating group) is 1. The molecule has 1 aromatic carbocycles. The number of amides is 1. The van der Waals surface area contributed by atoms with Gasteiger partial charge in [0.1, 0.15) is 5.54 Å². The van der Waals surface area contributed by atoms with Crippen molar-refractivity contribution < 1.29 is 14.3 Å². The number of carbonyl (C=O) groups is 1. The van der Waals surface area contributed by atoms with Gasteiger partial charge in [0, 0.05) is 19.8 Å². The van der Waals surface area contributed by atoms with Crippen molar-refractivity contribution in [3.8, 4) is 22.6 Å². The highest BCUT2D eigenvalue weighted by Gasteiger charge is 2.50. The Kier molecular flexibility index (Phi) is 6.88. The largest absolute Gasteiger partial charge is 0.490 e. The van der Waals surface area contributed by atoms with Crippen molar-refractivity contribution >= 4 is 18.3 Å². The zero-order chi connectivity index (χ0) is 20.4. The molecule has 30 heavy (non-hydrogen) atoms. The topological polar surface area (TPSA) is 63.7 Å². The van der Waals surface area contributed by atoms with E-state index in [9.17, 15) is 4.79 Å². The van der Waals surface area contributed by atoms with Gasteiger partial charge < -0.3 is 14.4 Å². The van der Waals surface area contributed by atoms with Gasteiger partial charge >= 0.3 is 0 Å². The van der Waals surface area contributed by atoms with Gasteiger partial charge in [0.2, 0.25) is 5.91 Å². The molecule has 2 atom stereocenters. The molecule has 1 amide bonds. The normalized spacial score (nSPS) is 23.0. The van der Waals surface area contributed by atoms with Gasteiger partial charge in [0.05, 0.1) is 24.9 Å². The van der Waals surface area contributed by atoms with E-state index in [1.165, 1.54) is 0 Å². The average molecular weight is 432 g/mol. The van der Waals surface area contributed by atoms with Crippen molar-refractivity contribution in [3.63, 3.8) is 0 Å². The molecule has 1 aromatic heterocycles. The number of nitrogens with one attached hydrogen (secondary N) is 1. The molecule has 2 aliphatic rings. The lowest BCUT2D eigenvalue weighted by atomic mass is 9.96. The smallest absolute Gasteiger partial charge is 0.242 e. The van der Waals surface area contributed by atoms with Crippen LogP contribution in [0.1, 0.15) is 44.8 Å². The molecule has 0 radical (unpaired) electrons. The number of aromatic nitrogens is 1. The van der Waals surface area contributed by atoms with E-state index in [4.69, 9.17) is 9.47 Å². The maximum absolute atomic E-state index is 12.6. The average Bonchev–Trinajstić information content (AvgIpc) is 3.30. The highest BCUT2D eigenvalue weighted by molar-refractivity contribution is 5.88. The molecular weight excluding hydrogens is 402 g/mol. The van der Waals surface area contributed by atoms with E-state index in [1.807, 2.05) is 56.3 Å². The van der Waals surface area contributed by atoms with E-state index >= 15 is 0 Å². The van der Waals surface area contributed by atoms with Crippen LogP contribution >= 0.6 is 12.4 Å². The van der Waals surface area contributed by atoms with Crippen molar-refractivity contribution in [1.82, 2.24) is 15.2 Å². The summed E-state index contributed by atoms with van der Waals surface area (Å²) >= 11 is 0. The highest BCUT2D eigenvalue weighted by Crippen LogP contribution is 2.39. The van der Waals surface area contributed by atoms with Crippen LogP contribution < -0.4 is 14.8 Å². The van der Waals surface area contributed by atoms with E-state index < -0.39 is 5.54 Å². The molecule has 0 bridgehead atoms. The Morgan fingerprint density at radius 3 is 2.53 bits per heavy atom. The predicted molar refractivity (Wildman–Crippen MR) is 119 cm³/mol. The second-order valence-corrected chi connectivity index (χ2v) is 7.79. The summed E-state index contributed by atoms with van der Waals surface area (Å²) in [6, 6.07) is 10.2. The minimum Gasteiger partial charge on any atom is -0.490 e. The first-order valence-electron chi connectivity index (χ1n) is 10.5. The minimum absolute atomic E-state index is 0. The molecule has 1 spiro atoms. The lowest BCUT2D eigenvalue weighted by molar-refractivity contribution is -0.131. The van der Waals surface area contributed by atoms with Crippen molar-refractivity contribution in [2.75, 3.05) is 26.8 Å². The number of benzene rings is 1. The number of rotatable bonds is 6. The molecule has 6 nitrogen and oxygen atoms in total. The van der Waals surface area contributed by atoms with Crippen LogP contribution in [0.15, 0.2) is 36.5 Å². The Balaban J connectivity index is 0.00000256. The third kappa shape index (κ3) is 4.12. The monoisotopic (exact) mass is 431 g/mol. The molecule has 0 unspecified atom stereocenters. The molecule has 162 valence electrons. The van der Waals surface area contributed by atoms with E-state index in [0.29, 0.717) is 13.2 Å². The van der Waals surface area contributed by atoms with Crippen molar-refractivity contribution in [2.45, 2.75) is 44.7 Å². The van der Waals surface area contributed by atoms with Crippen LogP contribution in [-0.4, -0.2) is 48.1 Å². The van der Waals surface area contributed by atoms with Crippen LogP contribution in [0, 0.1) is 0 Å². The molecule has 2 aliphatic heterocycles. The number of hydrogen-bond donors (Lipinski definition) is 1. The van der Waals surface area contributed by atoms with Crippen LogP contribution in [0.2, 0.25) is 0 Å². The highest BCUT2D eigenvalue weighted by atomic mass is 35.5. The third-order valence-corrected chi connectivity index (χ3v) is 5.96. The summed E-state index contributed by atoms with van der Waals surface area (Å²) in [6.45, 7) is 5.94. The molecule has 1 N–H and O–H groups in total. The zero-order valence-corrected chi connectivity index (χ0v) is 18.6. The first kappa shape index (κ1) is 22.4. The lowest BCUT2D eigenvalue weighted by Crippen LogP contribution is -2.47. The number of likely N-dealkylation sites (tertiary alicyclic amines) is 1. The standard InChI is InChI=1S/C23H29N3O3.ClH/c1-4-28-20-7-6-16(15-21(20)29-5-2)17-9-12-24-19(14-17)18-8-10-23(25-18)11-13-26(3)22(23)27;/h6-7,9,12,14-15,18,25H,4-5,8,10-11,13H2,1-3H3;1H/t18-,23+;/m1./s1. The van der Waals surface area contributed by atoms with Gasteiger partial charge in [-0.1, -0.05) is 6.07 Å². The Bertz CT molecular complexity index is 907. The van der Waals surface area contributed by atoms with Crippen molar-refractivity contribution in [1.29, 1.82) is 0 Å². The van der Waals surface area contributed by atoms with E-state index in [0.717, 1.165) is 54.1 Å². The van der Waals surface area contributed by atoms with Gasteiger partial charge in [-0.15, -0.1) is 12.4 Å². The van der Waals surface area contributed by atoms with Gasteiger partial charge in [-0.2, -0.15) is 0 Å². The molecule has 3 heterocycles. The predicted octanol–water partition coefficient (Wildman–Crippen LogP) is 3.99. The number of halogens is 1. The molecule has 2 aromatic rings. The van der Waals surface area contributed by atoms with Crippen LogP contribution in [0.4, 0.5) is 0 Å². The zero-order valence-electron chi connectivity index (χ0n) is 17.8. The van der Waals surface area contributed by atoms with Gasteiger partial charge in [0.15, 0.2) is 11.5 Å². The molecule has 7 heteroatoms. The number of hydrogen-bond acceptors (Lipinski definition) is 5. The third-order valence-electron chi connectivity index (χ3n) is 5.96. The molecular formula is C23H30ClN3O3. The molecule has 0 aliphatic carbocycles.